The van der Waals surface area contributed by atoms with Crippen molar-refractivity contribution in [1.82, 2.24) is 9.78 Å². The molecule has 2 heterocycles. The van der Waals surface area contributed by atoms with Gasteiger partial charge in [-0.05, 0) is 6.54 Å². The Labute approximate surface area is 97.4 Å². The fourth-order valence-corrected chi connectivity index (χ4v) is 1.69. The van der Waals surface area contributed by atoms with Crippen molar-refractivity contribution in [3.05, 3.63) is 22.0 Å². The smallest absolute Gasteiger partial charge is 0.315 e. The Balaban J connectivity index is 2.18. The summed E-state index contributed by atoms with van der Waals surface area (Å²) >= 11 is 0. The molecule has 0 atom stereocenters. The average Bonchev–Trinajstić information content (AvgIpc) is 2.71. The van der Waals surface area contributed by atoms with Gasteiger partial charge < -0.3 is 15.2 Å². The number of hydrogen-bond donors (Lipinski definition) is 1. The molecule has 0 spiro atoms. The van der Waals surface area contributed by atoms with Crippen molar-refractivity contribution in [2.24, 2.45) is 18.7 Å². The predicted octanol–water partition coefficient (Wildman–Crippen LogP) is -0.0514. The van der Waals surface area contributed by atoms with Gasteiger partial charge in [0.25, 0.3) is 0 Å². The van der Waals surface area contributed by atoms with Crippen LogP contribution in [0.1, 0.15) is 12.0 Å². The molecule has 1 aliphatic rings. The van der Waals surface area contributed by atoms with E-state index in [0.29, 0.717) is 25.5 Å². The van der Waals surface area contributed by atoms with Crippen molar-refractivity contribution < 1.29 is 14.4 Å². The largest absolute Gasteiger partial charge is 0.346 e. The van der Waals surface area contributed by atoms with Crippen molar-refractivity contribution >= 4 is 5.69 Å². The van der Waals surface area contributed by atoms with E-state index in [1.165, 1.54) is 10.9 Å². The van der Waals surface area contributed by atoms with E-state index in [0.717, 1.165) is 0 Å². The summed E-state index contributed by atoms with van der Waals surface area (Å²) in [4.78, 5) is 10.3. The van der Waals surface area contributed by atoms with Crippen molar-refractivity contribution in [2.75, 3.05) is 19.8 Å². The minimum atomic E-state index is -0.745. The van der Waals surface area contributed by atoms with Crippen LogP contribution in [0, 0.1) is 16.0 Å². The van der Waals surface area contributed by atoms with E-state index in [1.807, 2.05) is 0 Å². The second kappa shape index (κ2) is 4.78. The maximum Gasteiger partial charge on any atom is 0.315 e. The summed E-state index contributed by atoms with van der Waals surface area (Å²) in [6.07, 6.45) is 0.447. The van der Waals surface area contributed by atoms with Crippen molar-refractivity contribution in [3.8, 4) is 0 Å². The van der Waals surface area contributed by atoms with Gasteiger partial charge in [0.2, 0.25) is 6.29 Å². The Kier molecular flexibility index (Phi) is 3.36. The molecule has 0 unspecified atom stereocenters. The summed E-state index contributed by atoms with van der Waals surface area (Å²) in [6.45, 7) is 1.34. The molecule has 17 heavy (non-hydrogen) atoms. The highest BCUT2D eigenvalue weighted by molar-refractivity contribution is 5.33. The SMILES string of the molecule is Cn1ncc([N+](=O)[O-])c1C1OCC(CN)CO1. The third kappa shape index (κ3) is 2.28. The fourth-order valence-electron chi connectivity index (χ4n) is 1.69. The van der Waals surface area contributed by atoms with E-state index in [4.69, 9.17) is 15.2 Å². The Bertz CT molecular complexity index is 411. The zero-order valence-corrected chi connectivity index (χ0v) is 9.41. The van der Waals surface area contributed by atoms with Gasteiger partial charge in [-0.3, -0.25) is 14.8 Å². The van der Waals surface area contributed by atoms with Crippen molar-refractivity contribution in [2.45, 2.75) is 6.29 Å². The maximum absolute atomic E-state index is 10.8. The molecule has 0 saturated carbocycles. The molecule has 94 valence electrons. The molecule has 2 N–H and O–H groups in total. The molecule has 0 bridgehead atoms. The Morgan fingerprint density at radius 2 is 2.29 bits per heavy atom. The molecular formula is C9H14N4O4. The molecule has 8 heteroatoms. The standard InChI is InChI=1S/C9H14N4O4/c1-12-8(7(3-11-12)13(14)15)9-16-4-6(2-10)5-17-9/h3,6,9H,2,4-5,10H2,1H3. The van der Waals surface area contributed by atoms with Crippen LogP contribution in [0.2, 0.25) is 0 Å². The molecule has 0 aromatic carbocycles. The van der Waals surface area contributed by atoms with Crippen LogP contribution in [0.5, 0.6) is 0 Å². The lowest BCUT2D eigenvalue weighted by molar-refractivity contribution is -0.387. The molecule has 1 aromatic heterocycles. The minimum absolute atomic E-state index is 0.0938. The van der Waals surface area contributed by atoms with E-state index in [1.54, 1.807) is 7.05 Å². The van der Waals surface area contributed by atoms with Gasteiger partial charge in [-0.25, -0.2) is 0 Å². The van der Waals surface area contributed by atoms with Crippen molar-refractivity contribution in [3.63, 3.8) is 0 Å². The van der Waals surface area contributed by atoms with E-state index in [9.17, 15) is 10.1 Å². The molecule has 0 amide bonds. The third-order valence-electron chi connectivity index (χ3n) is 2.68. The van der Waals surface area contributed by atoms with Crippen LogP contribution in [-0.4, -0.2) is 34.5 Å². The lowest BCUT2D eigenvalue weighted by Crippen LogP contribution is -2.33. The van der Waals surface area contributed by atoms with Gasteiger partial charge in [-0.1, -0.05) is 0 Å². The van der Waals surface area contributed by atoms with Crippen LogP contribution in [0.15, 0.2) is 6.20 Å². The molecule has 1 aliphatic heterocycles. The highest BCUT2D eigenvalue weighted by Crippen LogP contribution is 2.30. The highest BCUT2D eigenvalue weighted by Gasteiger charge is 2.32. The lowest BCUT2D eigenvalue weighted by atomic mass is 10.1. The first-order valence-electron chi connectivity index (χ1n) is 5.23. The number of aromatic nitrogens is 2. The summed E-state index contributed by atoms with van der Waals surface area (Å²) in [5.74, 6) is 0.138. The van der Waals surface area contributed by atoms with Gasteiger partial charge in [0.1, 0.15) is 6.20 Å². The minimum Gasteiger partial charge on any atom is -0.346 e. The van der Waals surface area contributed by atoms with Gasteiger partial charge in [-0.2, -0.15) is 5.10 Å². The first-order valence-corrected chi connectivity index (χ1v) is 5.23. The first kappa shape index (κ1) is 12.0. The topological polar surface area (TPSA) is 105 Å². The van der Waals surface area contributed by atoms with Gasteiger partial charge >= 0.3 is 5.69 Å². The first-order chi connectivity index (χ1) is 8.13. The predicted molar refractivity (Wildman–Crippen MR) is 57.1 cm³/mol. The summed E-state index contributed by atoms with van der Waals surface area (Å²) in [7, 11) is 1.62. The zero-order chi connectivity index (χ0) is 12.4. The van der Waals surface area contributed by atoms with Crippen LogP contribution in [0.3, 0.4) is 0 Å². The second-order valence-electron chi connectivity index (χ2n) is 3.90. The quantitative estimate of drug-likeness (QED) is 0.588. The lowest BCUT2D eigenvalue weighted by Gasteiger charge is -2.28. The zero-order valence-electron chi connectivity index (χ0n) is 9.41. The molecule has 2 rings (SSSR count). The summed E-state index contributed by atoms with van der Waals surface area (Å²) in [5, 5.41) is 14.7. The second-order valence-corrected chi connectivity index (χ2v) is 3.90. The molecular weight excluding hydrogens is 228 g/mol. The molecule has 1 saturated heterocycles. The average molecular weight is 242 g/mol. The van der Waals surface area contributed by atoms with E-state index >= 15 is 0 Å². The number of aryl methyl sites for hydroxylation is 1. The number of nitro groups is 1. The number of hydrogen-bond acceptors (Lipinski definition) is 6. The monoisotopic (exact) mass is 242 g/mol. The van der Waals surface area contributed by atoms with Crippen molar-refractivity contribution in [1.29, 1.82) is 0 Å². The molecule has 1 fully saturated rings. The third-order valence-corrected chi connectivity index (χ3v) is 2.68. The number of nitrogens with zero attached hydrogens (tertiary/aromatic N) is 3. The summed E-state index contributed by atoms with van der Waals surface area (Å²) < 4.78 is 12.3. The van der Waals surface area contributed by atoms with E-state index in [-0.39, 0.29) is 11.6 Å². The molecule has 0 aliphatic carbocycles. The van der Waals surface area contributed by atoms with Crippen LogP contribution < -0.4 is 5.73 Å². The maximum atomic E-state index is 10.8. The Morgan fingerprint density at radius 1 is 1.65 bits per heavy atom. The number of nitrogens with two attached hydrogens (primary N) is 1. The molecule has 8 nitrogen and oxygen atoms in total. The fraction of sp³-hybridized carbons (Fsp3) is 0.667. The van der Waals surface area contributed by atoms with E-state index in [2.05, 4.69) is 5.10 Å². The van der Waals surface area contributed by atoms with Gasteiger partial charge in [0.05, 0.1) is 18.1 Å². The molecule has 0 radical (unpaired) electrons. The molecule has 1 aromatic rings. The van der Waals surface area contributed by atoms with Gasteiger partial charge in [-0.15, -0.1) is 0 Å². The summed E-state index contributed by atoms with van der Waals surface area (Å²) in [5.41, 5.74) is 5.72. The normalized spacial score (nSPS) is 24.8. The van der Waals surface area contributed by atoms with Crippen LogP contribution in [0.25, 0.3) is 0 Å². The van der Waals surface area contributed by atoms with Gasteiger partial charge in [0.15, 0.2) is 5.69 Å². The number of ether oxygens (including phenoxy) is 2. The van der Waals surface area contributed by atoms with Crippen LogP contribution in [-0.2, 0) is 16.5 Å². The van der Waals surface area contributed by atoms with E-state index < -0.39 is 11.2 Å². The van der Waals surface area contributed by atoms with Gasteiger partial charge in [0, 0.05) is 13.0 Å². The Hall–Kier alpha value is -1.51. The van der Waals surface area contributed by atoms with Crippen LogP contribution in [0.4, 0.5) is 5.69 Å². The Morgan fingerprint density at radius 3 is 2.82 bits per heavy atom. The highest BCUT2D eigenvalue weighted by atomic mass is 16.7. The summed E-state index contributed by atoms with van der Waals surface area (Å²) in [6, 6.07) is 0. The van der Waals surface area contributed by atoms with Crippen LogP contribution >= 0.6 is 0 Å². The number of rotatable bonds is 3.